The summed E-state index contributed by atoms with van der Waals surface area (Å²) in [6.07, 6.45) is 6.29. The number of H-pyrrole nitrogens is 2. The highest BCUT2D eigenvalue weighted by Crippen LogP contribution is 2.44. The minimum absolute atomic E-state index is 0. The van der Waals surface area contributed by atoms with Crippen LogP contribution in [0.15, 0.2) is 24.7 Å². The van der Waals surface area contributed by atoms with E-state index in [2.05, 4.69) is 15.2 Å². The second kappa shape index (κ2) is 6.24. The molecule has 8 heteroatoms. The Morgan fingerprint density at radius 2 is 2.17 bits per heavy atom. The molecule has 0 spiro atoms. The predicted molar refractivity (Wildman–Crippen MR) is 92.8 cm³/mol. The fourth-order valence-corrected chi connectivity index (χ4v) is 3.06. The molecule has 2 aromatic heterocycles. The number of halogens is 3. The maximum Gasteiger partial charge on any atom is 0.131 e. The summed E-state index contributed by atoms with van der Waals surface area (Å²) in [5.41, 5.74) is 2.61. The van der Waals surface area contributed by atoms with Crippen LogP contribution in [0.5, 0.6) is 5.75 Å². The van der Waals surface area contributed by atoms with Crippen molar-refractivity contribution >= 4 is 46.5 Å². The van der Waals surface area contributed by atoms with Crippen LogP contribution in [0.1, 0.15) is 6.42 Å². The number of hydrogen-bond acceptors (Lipinski definition) is 3. The van der Waals surface area contributed by atoms with Crippen molar-refractivity contribution in [2.45, 2.75) is 12.5 Å². The molecule has 2 heterocycles. The minimum Gasteiger partial charge on any atom is -0.489 e. The number of fused-ring (bicyclic) bond motifs is 1. The van der Waals surface area contributed by atoms with Gasteiger partial charge in [-0.05, 0) is 6.42 Å². The zero-order chi connectivity index (χ0) is 15.3. The topological polar surface area (TPSA) is 73.9 Å². The average molecular weight is 375 g/mol. The lowest BCUT2D eigenvalue weighted by Crippen LogP contribution is -2.03. The number of nitrogens with zero attached hydrogens (tertiary/aromatic N) is 1. The largest absolute Gasteiger partial charge is 0.489 e. The van der Waals surface area contributed by atoms with Crippen LogP contribution in [0.2, 0.25) is 10.0 Å². The molecule has 4 rings (SSSR count). The molecule has 1 aliphatic rings. The van der Waals surface area contributed by atoms with E-state index in [1.54, 1.807) is 12.3 Å². The van der Waals surface area contributed by atoms with Gasteiger partial charge in [0.15, 0.2) is 0 Å². The highest BCUT2D eigenvalue weighted by molar-refractivity contribution is 6.45. The summed E-state index contributed by atoms with van der Waals surface area (Å²) in [5.74, 6) is 0.864. The first-order valence-electron chi connectivity index (χ1n) is 6.94. The lowest BCUT2D eigenvalue weighted by molar-refractivity contribution is 0.226. The van der Waals surface area contributed by atoms with Gasteiger partial charge in [0.1, 0.15) is 11.9 Å². The number of aromatic nitrogens is 3. The second-order valence-corrected chi connectivity index (χ2v) is 6.23. The fourth-order valence-electron chi connectivity index (χ4n) is 2.66. The van der Waals surface area contributed by atoms with Gasteiger partial charge in [-0.25, -0.2) is 0 Å². The highest BCUT2D eigenvalue weighted by Gasteiger charge is 2.39. The van der Waals surface area contributed by atoms with Gasteiger partial charge in [0.05, 0.1) is 27.1 Å². The van der Waals surface area contributed by atoms with E-state index in [1.807, 2.05) is 12.4 Å². The first kappa shape index (κ1) is 16.5. The molecule has 2 atom stereocenters. The predicted octanol–water partition coefficient (Wildman–Crippen LogP) is 4.05. The number of hydrogen-bond donors (Lipinski definition) is 3. The van der Waals surface area contributed by atoms with Crippen LogP contribution in [0.3, 0.4) is 0 Å². The molecular weight excluding hydrogens is 361 g/mol. The molecule has 23 heavy (non-hydrogen) atoms. The Kier molecular flexibility index (Phi) is 4.47. The number of aliphatic hydroxyl groups excluding tert-OH is 1. The van der Waals surface area contributed by atoms with Crippen molar-refractivity contribution in [3.63, 3.8) is 0 Å². The number of benzene rings is 1. The van der Waals surface area contributed by atoms with Gasteiger partial charge in [-0.1, -0.05) is 23.2 Å². The molecule has 1 aromatic carbocycles. The van der Waals surface area contributed by atoms with Gasteiger partial charge in [0, 0.05) is 42.1 Å². The van der Waals surface area contributed by atoms with E-state index in [0.29, 0.717) is 15.8 Å². The number of aromatic amines is 2. The zero-order valence-electron chi connectivity index (χ0n) is 11.8. The Balaban J connectivity index is 0.00000156. The van der Waals surface area contributed by atoms with Crippen LogP contribution in [0.4, 0.5) is 0 Å². The highest BCUT2D eigenvalue weighted by atomic mass is 35.5. The van der Waals surface area contributed by atoms with E-state index in [4.69, 9.17) is 27.9 Å². The Labute approximate surface area is 148 Å². The van der Waals surface area contributed by atoms with Crippen molar-refractivity contribution in [2.24, 2.45) is 5.92 Å². The van der Waals surface area contributed by atoms with Crippen LogP contribution < -0.4 is 4.74 Å². The van der Waals surface area contributed by atoms with Gasteiger partial charge in [0.2, 0.25) is 0 Å². The summed E-state index contributed by atoms with van der Waals surface area (Å²) >= 11 is 12.5. The molecule has 0 aliphatic heterocycles. The van der Waals surface area contributed by atoms with Gasteiger partial charge in [-0.2, -0.15) is 5.10 Å². The molecule has 1 aliphatic carbocycles. The fraction of sp³-hybridized carbons (Fsp3) is 0.267. The van der Waals surface area contributed by atoms with Crippen LogP contribution in [-0.4, -0.2) is 33.0 Å². The number of ether oxygens (including phenoxy) is 1. The molecule has 3 N–H and O–H groups in total. The quantitative estimate of drug-likeness (QED) is 0.645. The summed E-state index contributed by atoms with van der Waals surface area (Å²) in [7, 11) is 0. The van der Waals surface area contributed by atoms with Gasteiger partial charge in [0.25, 0.3) is 0 Å². The third-order valence-corrected chi connectivity index (χ3v) is 4.78. The van der Waals surface area contributed by atoms with Crippen molar-refractivity contribution in [2.75, 3.05) is 6.61 Å². The molecule has 0 radical (unpaired) electrons. The molecule has 1 saturated carbocycles. The number of aliphatic hydroxyl groups is 1. The van der Waals surface area contributed by atoms with Crippen molar-refractivity contribution in [1.82, 2.24) is 15.2 Å². The van der Waals surface area contributed by atoms with E-state index >= 15 is 0 Å². The third-order valence-electron chi connectivity index (χ3n) is 3.99. The normalized spacial score (nSPS) is 19.6. The van der Waals surface area contributed by atoms with Crippen molar-refractivity contribution < 1.29 is 9.84 Å². The van der Waals surface area contributed by atoms with Crippen molar-refractivity contribution in [3.8, 4) is 16.9 Å². The van der Waals surface area contributed by atoms with E-state index in [-0.39, 0.29) is 31.0 Å². The van der Waals surface area contributed by atoms with Gasteiger partial charge in [-0.15, -0.1) is 12.4 Å². The Morgan fingerprint density at radius 3 is 2.83 bits per heavy atom. The zero-order valence-corrected chi connectivity index (χ0v) is 14.2. The van der Waals surface area contributed by atoms with Gasteiger partial charge in [-0.3, -0.25) is 5.10 Å². The van der Waals surface area contributed by atoms with E-state index < -0.39 is 0 Å². The third kappa shape index (κ3) is 2.78. The monoisotopic (exact) mass is 373 g/mol. The molecule has 3 aromatic rings. The summed E-state index contributed by atoms with van der Waals surface area (Å²) < 4.78 is 6.02. The summed E-state index contributed by atoms with van der Waals surface area (Å²) in [6, 6.07) is 1.73. The van der Waals surface area contributed by atoms with Crippen LogP contribution in [-0.2, 0) is 0 Å². The number of nitrogens with one attached hydrogen (secondary N) is 2. The smallest absolute Gasteiger partial charge is 0.131 e. The maximum absolute atomic E-state index is 9.19. The summed E-state index contributed by atoms with van der Waals surface area (Å²) in [5, 5.41) is 17.7. The molecule has 2 unspecified atom stereocenters. The minimum atomic E-state index is 0. The maximum atomic E-state index is 9.19. The lowest BCUT2D eigenvalue weighted by atomic mass is 10.1. The second-order valence-electron chi connectivity index (χ2n) is 5.44. The molecule has 0 bridgehead atoms. The first-order valence-corrected chi connectivity index (χ1v) is 7.70. The molecular formula is C15H14Cl3N3O2. The van der Waals surface area contributed by atoms with Gasteiger partial charge < -0.3 is 14.8 Å². The van der Waals surface area contributed by atoms with Crippen molar-refractivity contribution in [3.05, 3.63) is 34.7 Å². The Morgan fingerprint density at radius 1 is 1.35 bits per heavy atom. The van der Waals surface area contributed by atoms with Crippen LogP contribution >= 0.6 is 35.6 Å². The summed E-state index contributed by atoms with van der Waals surface area (Å²) in [4.78, 5) is 3.16. The van der Waals surface area contributed by atoms with E-state index in [1.165, 1.54) is 0 Å². The van der Waals surface area contributed by atoms with E-state index in [9.17, 15) is 5.11 Å². The van der Waals surface area contributed by atoms with Crippen molar-refractivity contribution in [1.29, 1.82) is 0 Å². The van der Waals surface area contributed by atoms with Crippen LogP contribution in [0, 0.1) is 5.92 Å². The first-order chi connectivity index (χ1) is 10.7. The Bertz CT molecular complexity index is 832. The van der Waals surface area contributed by atoms with Crippen LogP contribution in [0.25, 0.3) is 22.0 Å². The average Bonchev–Trinajstić information content (AvgIpc) is 2.94. The molecule has 122 valence electrons. The SMILES string of the molecule is Cl.OCC1CC1Oc1cc(Cl)c(Cl)c2[nH]cc(-c3cn[nH]c3)c12. The molecule has 0 saturated heterocycles. The van der Waals surface area contributed by atoms with Gasteiger partial charge >= 0.3 is 0 Å². The number of rotatable bonds is 4. The van der Waals surface area contributed by atoms with E-state index in [0.717, 1.165) is 28.5 Å². The standard InChI is InChI=1S/C15H13Cl2N3O2.ClH/c16-10-2-12(22-11-1-7(11)6-21)13-9(8-3-19-20-4-8)5-18-15(13)14(10)17;/h2-5,7,11,18,21H,1,6H2,(H,19,20);1H. The summed E-state index contributed by atoms with van der Waals surface area (Å²) in [6.45, 7) is 0.136. The molecule has 5 nitrogen and oxygen atoms in total. The molecule has 0 amide bonds. The Hall–Kier alpha value is -1.40. The molecule has 1 fully saturated rings. The lowest BCUT2D eigenvalue weighted by Gasteiger charge is -2.10.